The van der Waals surface area contributed by atoms with E-state index in [0.29, 0.717) is 22.8 Å². The third-order valence-electron chi connectivity index (χ3n) is 15.2. The Morgan fingerprint density at radius 3 is 1.54 bits per heavy atom. The van der Waals surface area contributed by atoms with Gasteiger partial charge < -0.3 is 30.8 Å². The topological polar surface area (TPSA) is 157 Å². The summed E-state index contributed by atoms with van der Waals surface area (Å²) in [6, 6.07) is 12.7. The summed E-state index contributed by atoms with van der Waals surface area (Å²) < 4.78 is 27.5. The number of hydrogen-bond acceptors (Lipinski definition) is 8. The van der Waals surface area contributed by atoms with E-state index in [1.54, 1.807) is 12.1 Å². The van der Waals surface area contributed by atoms with Gasteiger partial charge in [-0.05, 0) is 105 Å². The summed E-state index contributed by atoms with van der Waals surface area (Å²) in [6.07, 6.45) is 11.0. The number of rotatable bonds is 2. The molecule has 12 nitrogen and oxygen atoms in total. The number of aromatic amines is 2. The monoisotopic (exact) mass is 816 g/mol. The van der Waals surface area contributed by atoms with Crippen LogP contribution in [0.1, 0.15) is 80.0 Å². The normalized spacial score (nSPS) is 21.6. The van der Waals surface area contributed by atoms with E-state index < -0.39 is 0 Å². The first kappa shape index (κ1) is 35.6. The zero-order valence-electron chi connectivity index (χ0n) is 33.6. The van der Waals surface area contributed by atoms with Gasteiger partial charge in [-0.2, -0.15) is 0 Å². The molecule has 6 aromatic rings. The van der Waals surface area contributed by atoms with Crippen LogP contribution in [-0.2, 0) is 36.5 Å². The van der Waals surface area contributed by atoms with Crippen molar-refractivity contribution in [1.29, 1.82) is 0 Å². The highest BCUT2D eigenvalue weighted by Crippen LogP contribution is 2.60. The molecular formula is C47H42F2N10O2. The second-order valence-corrected chi connectivity index (χ2v) is 18.6. The van der Waals surface area contributed by atoms with Crippen molar-refractivity contribution in [2.45, 2.75) is 73.3 Å². The molecule has 0 bridgehead atoms. The summed E-state index contributed by atoms with van der Waals surface area (Å²) in [5, 5.41) is 10.2. The largest absolute Gasteiger partial charge is 0.356 e. The van der Waals surface area contributed by atoms with Crippen LogP contribution < -0.4 is 16.0 Å². The van der Waals surface area contributed by atoms with Crippen LogP contribution in [0, 0.1) is 11.6 Å². The van der Waals surface area contributed by atoms with E-state index in [9.17, 15) is 18.4 Å². The van der Waals surface area contributed by atoms with Gasteiger partial charge in [0.15, 0.2) is 11.6 Å². The number of aryl methyl sites for hydroxylation is 2. The van der Waals surface area contributed by atoms with E-state index in [1.807, 2.05) is 24.5 Å². The van der Waals surface area contributed by atoms with Crippen LogP contribution in [0.5, 0.6) is 0 Å². The maximum Gasteiger partial charge on any atom is 0.253 e. The van der Waals surface area contributed by atoms with Gasteiger partial charge in [0.05, 0.1) is 55.8 Å². The minimum absolute atomic E-state index is 0.0408. The number of carbonyl (C=O) groups excluding carboxylic acids is 2. The highest BCUT2D eigenvalue weighted by Gasteiger charge is 2.69. The Kier molecular flexibility index (Phi) is 7.03. The quantitative estimate of drug-likeness (QED) is 0.157. The number of fused-ring (bicyclic) bond motifs is 14. The molecule has 5 N–H and O–H groups in total. The van der Waals surface area contributed by atoms with Crippen molar-refractivity contribution in [3.8, 4) is 45.6 Å². The SMILES string of the molecule is CN1CC2(C1)c1[nH]c3c(c1C(=O)NC21CC1)CCc1cnc(-c2cccc(F)c2)nc1-3.O=C1NC2(CC2)C2(CNC2)c2[nH]c3c(c21)CCc1cnc(-c2cccc(F)c2)nc1-3. The molecular weight excluding hydrogens is 775 g/mol. The fourth-order valence-electron chi connectivity index (χ4n) is 11.8. The number of halogens is 2. The first-order valence-electron chi connectivity index (χ1n) is 21.4. The summed E-state index contributed by atoms with van der Waals surface area (Å²) >= 11 is 0. The first-order chi connectivity index (χ1) is 29.6. The van der Waals surface area contributed by atoms with Crippen LogP contribution in [-0.4, -0.2) is 90.9 Å². The number of amides is 2. The molecule has 0 atom stereocenters. The second kappa shape index (κ2) is 12.0. The van der Waals surface area contributed by atoms with Gasteiger partial charge in [-0.3, -0.25) is 9.59 Å². The summed E-state index contributed by atoms with van der Waals surface area (Å²) in [4.78, 5) is 54.6. The van der Waals surface area contributed by atoms with Crippen LogP contribution in [0.2, 0.25) is 0 Å². The molecule has 2 saturated heterocycles. The Balaban J connectivity index is 0.000000125. The number of nitrogens with one attached hydrogen (secondary N) is 5. The molecule has 14 rings (SSSR count). The van der Waals surface area contributed by atoms with Crippen molar-refractivity contribution in [3.05, 3.63) is 117 Å². The molecule has 4 spiro atoms. The van der Waals surface area contributed by atoms with Gasteiger partial charge in [-0.25, -0.2) is 28.7 Å². The van der Waals surface area contributed by atoms with E-state index in [0.717, 1.165) is 145 Å². The number of benzene rings is 2. The molecule has 2 saturated carbocycles. The average molecular weight is 817 g/mol. The van der Waals surface area contributed by atoms with Crippen molar-refractivity contribution in [1.82, 2.24) is 50.8 Å². The molecule has 8 heterocycles. The molecule has 0 radical (unpaired) electrons. The predicted molar refractivity (Wildman–Crippen MR) is 222 cm³/mol. The maximum atomic E-state index is 13.8. The van der Waals surface area contributed by atoms with E-state index in [4.69, 9.17) is 9.97 Å². The van der Waals surface area contributed by atoms with Crippen molar-refractivity contribution >= 4 is 11.8 Å². The van der Waals surface area contributed by atoms with Gasteiger partial charge in [-0.1, -0.05) is 24.3 Å². The molecule has 2 amide bonds. The first-order valence-corrected chi connectivity index (χ1v) is 21.4. The number of H-pyrrole nitrogens is 2. The van der Waals surface area contributed by atoms with E-state index in [1.165, 1.54) is 24.3 Å². The van der Waals surface area contributed by atoms with Crippen LogP contribution in [0.25, 0.3) is 45.6 Å². The van der Waals surface area contributed by atoms with E-state index in [-0.39, 0.29) is 45.4 Å². The maximum absolute atomic E-state index is 13.8. The second-order valence-electron chi connectivity index (χ2n) is 18.6. The van der Waals surface area contributed by atoms with Gasteiger partial charge >= 0.3 is 0 Å². The van der Waals surface area contributed by atoms with Crippen molar-refractivity contribution in [2.24, 2.45) is 0 Å². The Morgan fingerprint density at radius 2 is 1.11 bits per heavy atom. The van der Waals surface area contributed by atoms with Crippen LogP contribution in [0.3, 0.4) is 0 Å². The fraction of sp³-hybridized carbons (Fsp3) is 0.362. The highest BCUT2D eigenvalue weighted by molar-refractivity contribution is 6.03. The van der Waals surface area contributed by atoms with Gasteiger partial charge in [0.25, 0.3) is 11.8 Å². The molecule has 61 heavy (non-hydrogen) atoms. The predicted octanol–water partition coefficient (Wildman–Crippen LogP) is 5.33. The number of likely N-dealkylation sites (tertiary alicyclic amines) is 1. The van der Waals surface area contributed by atoms with E-state index >= 15 is 0 Å². The molecule has 2 aromatic carbocycles. The summed E-state index contributed by atoms with van der Waals surface area (Å²) in [7, 11) is 2.13. The van der Waals surface area contributed by atoms with Gasteiger partial charge in [0, 0.05) is 61.1 Å². The minimum atomic E-state index is -0.310. The van der Waals surface area contributed by atoms with Crippen LogP contribution in [0.4, 0.5) is 8.78 Å². The molecule has 4 fully saturated rings. The summed E-state index contributed by atoms with van der Waals surface area (Å²) in [5.74, 6) is 0.470. The standard InChI is InChI=1S/C24H22FN5O.C23H20FN5O/c1-30-11-23(12-30)20-17(22(31)29-24(23)7-8-24)16-6-5-14-10-26-21(28-18(14)19(16)27-20)13-3-2-4-15(25)9-13;24-14-3-1-2-12(8-14)20-26-9-13-4-5-15-16-19(27-18(15)17(13)28-20)22(10-25-11-22)23(6-7-23)29-21(16)30/h2-4,9-10,27H,5-8,11-12H2,1H3,(H,29,31);1-3,8-9,25,27H,4-7,10-11H2,(H,29,30). The van der Waals surface area contributed by atoms with Crippen LogP contribution in [0.15, 0.2) is 60.9 Å². The third-order valence-corrected chi connectivity index (χ3v) is 15.2. The third kappa shape index (κ3) is 4.80. The lowest BCUT2D eigenvalue weighted by Crippen LogP contribution is -2.71. The van der Waals surface area contributed by atoms with Gasteiger partial charge in [0.1, 0.15) is 11.6 Å². The number of nitrogens with zero attached hydrogens (tertiary/aromatic N) is 5. The van der Waals surface area contributed by atoms with Crippen LogP contribution >= 0.6 is 0 Å². The zero-order chi connectivity index (χ0) is 41.0. The lowest BCUT2D eigenvalue weighted by molar-refractivity contribution is 0.0339. The molecule has 306 valence electrons. The Labute approximate surface area is 349 Å². The van der Waals surface area contributed by atoms with Crippen molar-refractivity contribution in [2.75, 3.05) is 33.2 Å². The molecule has 0 unspecified atom stereocenters. The molecule has 8 aliphatic rings. The number of hydrogen-bond donors (Lipinski definition) is 5. The summed E-state index contributed by atoms with van der Waals surface area (Å²) in [6.45, 7) is 3.66. The van der Waals surface area contributed by atoms with E-state index in [2.05, 4.69) is 47.8 Å². The lowest BCUT2D eigenvalue weighted by atomic mass is 9.65. The highest BCUT2D eigenvalue weighted by atomic mass is 19.1. The molecule has 4 aliphatic carbocycles. The number of carbonyl (C=O) groups is 2. The number of aromatic nitrogens is 6. The smallest absolute Gasteiger partial charge is 0.253 e. The molecule has 4 aromatic heterocycles. The Hall–Kier alpha value is -6.12. The van der Waals surface area contributed by atoms with Crippen molar-refractivity contribution < 1.29 is 18.4 Å². The molecule has 14 heteroatoms. The zero-order valence-corrected chi connectivity index (χ0v) is 33.6. The minimum Gasteiger partial charge on any atom is -0.356 e. The summed E-state index contributed by atoms with van der Waals surface area (Å²) in [5.41, 5.74) is 12.6. The van der Waals surface area contributed by atoms with Gasteiger partial charge in [-0.15, -0.1) is 0 Å². The molecule has 4 aliphatic heterocycles. The average Bonchev–Trinajstić information content (AvgIpc) is 4.10. The fourth-order valence-corrected chi connectivity index (χ4v) is 11.8. The Bertz CT molecular complexity index is 2930. The van der Waals surface area contributed by atoms with Crippen molar-refractivity contribution in [3.63, 3.8) is 0 Å². The lowest BCUT2D eigenvalue weighted by Gasteiger charge is -2.55. The Morgan fingerprint density at radius 1 is 0.639 bits per heavy atom. The number of likely N-dealkylation sites (N-methyl/N-ethyl adjacent to an activating group) is 1. The van der Waals surface area contributed by atoms with Gasteiger partial charge in [0.2, 0.25) is 0 Å².